The molecule has 0 heterocycles. The van der Waals surface area contributed by atoms with E-state index in [-0.39, 0.29) is 4.90 Å². The van der Waals surface area contributed by atoms with Crippen LogP contribution in [0.3, 0.4) is 0 Å². The number of hydrogen-bond donors (Lipinski definition) is 1. The molecule has 3 rings (SSSR count). The summed E-state index contributed by atoms with van der Waals surface area (Å²) in [5.74, 6) is 0.183. The van der Waals surface area contributed by atoms with Crippen molar-refractivity contribution in [2.75, 3.05) is 17.5 Å². The van der Waals surface area contributed by atoms with E-state index in [9.17, 15) is 13.2 Å². The highest BCUT2D eigenvalue weighted by Crippen LogP contribution is 2.26. The van der Waals surface area contributed by atoms with Crippen LogP contribution in [0, 0.1) is 13.8 Å². The molecule has 7 nitrogen and oxygen atoms in total. The van der Waals surface area contributed by atoms with Gasteiger partial charge in [-0.3, -0.25) is 9.10 Å². The van der Waals surface area contributed by atoms with E-state index in [0.717, 1.165) is 39.6 Å². The molecule has 9 heteroatoms. The van der Waals surface area contributed by atoms with E-state index >= 15 is 0 Å². The van der Waals surface area contributed by atoms with Crippen LogP contribution >= 0.6 is 11.6 Å². The normalized spacial score (nSPS) is 11.4. The van der Waals surface area contributed by atoms with E-state index in [4.69, 9.17) is 16.3 Å². The van der Waals surface area contributed by atoms with E-state index in [1.54, 1.807) is 12.1 Å². The standard InChI is InChI=1S/C27H30ClN3O4S/c1-4-5-16-35-25-12-7-22(8-13-25)18-29-30-27(32)19-31(24-11-6-20(2)21(3)17-24)36(33,34)26-14-9-23(28)10-15-26/h6-15,17-18H,4-5,16,19H2,1-3H3,(H,30,32)/b29-18-. The molecule has 190 valence electrons. The summed E-state index contributed by atoms with van der Waals surface area (Å²) in [6, 6.07) is 18.4. The Balaban J connectivity index is 1.74. The second-order valence-corrected chi connectivity index (χ2v) is 10.6. The third-order valence-electron chi connectivity index (χ3n) is 5.52. The Kier molecular flexibility index (Phi) is 9.50. The minimum atomic E-state index is -4.04. The highest BCUT2D eigenvalue weighted by atomic mass is 35.5. The first kappa shape index (κ1) is 27.2. The smallest absolute Gasteiger partial charge is 0.264 e. The van der Waals surface area contributed by atoms with Gasteiger partial charge in [0.05, 0.1) is 23.4 Å². The van der Waals surface area contributed by atoms with Gasteiger partial charge in [-0.1, -0.05) is 31.0 Å². The molecule has 3 aromatic rings. The molecule has 0 saturated carbocycles. The Morgan fingerprint density at radius 3 is 2.36 bits per heavy atom. The minimum Gasteiger partial charge on any atom is -0.494 e. The highest BCUT2D eigenvalue weighted by Gasteiger charge is 2.27. The molecule has 0 fully saturated rings. The maximum atomic E-state index is 13.4. The second kappa shape index (κ2) is 12.6. The monoisotopic (exact) mass is 527 g/mol. The van der Waals surface area contributed by atoms with E-state index in [0.29, 0.717) is 17.3 Å². The van der Waals surface area contributed by atoms with Crippen molar-refractivity contribution in [2.45, 2.75) is 38.5 Å². The number of aryl methyl sites for hydroxylation is 2. The number of carbonyl (C=O) groups excluding carboxylic acids is 1. The Labute approximate surface area is 217 Å². The van der Waals surface area contributed by atoms with E-state index in [2.05, 4.69) is 17.5 Å². The van der Waals surface area contributed by atoms with Crippen LogP contribution in [0.15, 0.2) is 76.7 Å². The fourth-order valence-electron chi connectivity index (χ4n) is 3.26. The number of nitrogens with one attached hydrogen (secondary N) is 1. The SMILES string of the molecule is CCCCOc1ccc(/C=N\NC(=O)CN(c2ccc(C)c(C)c2)S(=O)(=O)c2ccc(Cl)cc2)cc1. The zero-order valence-corrected chi connectivity index (χ0v) is 22.1. The van der Waals surface area contributed by atoms with Crippen LogP contribution in [-0.2, 0) is 14.8 Å². The van der Waals surface area contributed by atoms with Crippen molar-refractivity contribution in [3.8, 4) is 5.75 Å². The zero-order chi connectivity index (χ0) is 26.1. The van der Waals surface area contributed by atoms with Gasteiger partial charge in [0.25, 0.3) is 15.9 Å². The number of amides is 1. The van der Waals surface area contributed by atoms with Crippen molar-refractivity contribution >= 4 is 39.4 Å². The van der Waals surface area contributed by atoms with Crippen molar-refractivity contribution in [1.82, 2.24) is 5.43 Å². The molecular formula is C27H30ClN3O4S. The first-order valence-corrected chi connectivity index (χ1v) is 13.4. The fourth-order valence-corrected chi connectivity index (χ4v) is 4.80. The van der Waals surface area contributed by atoms with Gasteiger partial charge in [-0.25, -0.2) is 13.8 Å². The maximum absolute atomic E-state index is 13.4. The third-order valence-corrected chi connectivity index (χ3v) is 7.56. The molecule has 0 saturated heterocycles. The van der Waals surface area contributed by atoms with E-state index < -0.39 is 22.5 Å². The van der Waals surface area contributed by atoms with Crippen LogP contribution in [-0.4, -0.2) is 33.7 Å². The summed E-state index contributed by atoms with van der Waals surface area (Å²) < 4.78 is 33.6. The number of nitrogens with zero attached hydrogens (tertiary/aromatic N) is 2. The third kappa shape index (κ3) is 7.32. The first-order chi connectivity index (χ1) is 17.2. The number of hydrogen-bond acceptors (Lipinski definition) is 5. The van der Waals surface area contributed by atoms with Crippen molar-refractivity contribution in [3.63, 3.8) is 0 Å². The van der Waals surface area contributed by atoms with Crippen LogP contribution in [0.1, 0.15) is 36.5 Å². The number of benzene rings is 3. The molecule has 0 aliphatic carbocycles. The molecular weight excluding hydrogens is 498 g/mol. The molecule has 3 aromatic carbocycles. The predicted octanol–water partition coefficient (Wildman–Crippen LogP) is 5.48. The molecule has 0 aliphatic heterocycles. The van der Waals surface area contributed by atoms with Crippen molar-refractivity contribution in [2.24, 2.45) is 5.10 Å². The average molecular weight is 528 g/mol. The highest BCUT2D eigenvalue weighted by molar-refractivity contribution is 7.92. The second-order valence-electron chi connectivity index (χ2n) is 8.30. The maximum Gasteiger partial charge on any atom is 0.264 e. The molecule has 0 radical (unpaired) electrons. The molecule has 1 N–H and O–H groups in total. The van der Waals surface area contributed by atoms with Crippen molar-refractivity contribution < 1.29 is 17.9 Å². The number of hydrazone groups is 1. The van der Waals surface area contributed by atoms with Gasteiger partial charge in [0, 0.05) is 5.02 Å². The minimum absolute atomic E-state index is 0.0303. The van der Waals surface area contributed by atoms with Crippen LogP contribution < -0.4 is 14.5 Å². The number of anilines is 1. The molecule has 0 unspecified atom stereocenters. The summed E-state index contributed by atoms with van der Waals surface area (Å²) in [5.41, 5.74) is 5.48. The lowest BCUT2D eigenvalue weighted by molar-refractivity contribution is -0.119. The van der Waals surface area contributed by atoms with Crippen LogP contribution in [0.2, 0.25) is 5.02 Å². The van der Waals surface area contributed by atoms with Gasteiger partial charge in [-0.2, -0.15) is 5.10 Å². The van der Waals surface area contributed by atoms with Crippen LogP contribution in [0.25, 0.3) is 0 Å². The van der Waals surface area contributed by atoms with Gasteiger partial charge < -0.3 is 4.74 Å². The van der Waals surface area contributed by atoms with Gasteiger partial charge in [0.2, 0.25) is 0 Å². The summed E-state index contributed by atoms with van der Waals surface area (Å²) in [7, 11) is -4.04. The summed E-state index contributed by atoms with van der Waals surface area (Å²) in [6.45, 7) is 6.13. The molecule has 36 heavy (non-hydrogen) atoms. The number of unbranched alkanes of at least 4 members (excludes halogenated alkanes) is 1. The lowest BCUT2D eigenvalue weighted by atomic mass is 10.1. The lowest BCUT2D eigenvalue weighted by Crippen LogP contribution is -2.39. The number of ether oxygens (including phenoxy) is 1. The van der Waals surface area contributed by atoms with Gasteiger partial charge in [-0.15, -0.1) is 0 Å². The predicted molar refractivity (Wildman–Crippen MR) is 144 cm³/mol. The Hall–Kier alpha value is -3.36. The Morgan fingerprint density at radius 1 is 1.03 bits per heavy atom. The van der Waals surface area contributed by atoms with Crippen LogP contribution in [0.5, 0.6) is 5.75 Å². The first-order valence-electron chi connectivity index (χ1n) is 11.6. The van der Waals surface area contributed by atoms with Gasteiger partial charge in [0.15, 0.2) is 0 Å². The quantitative estimate of drug-likeness (QED) is 0.203. The molecule has 0 aliphatic rings. The van der Waals surface area contributed by atoms with Crippen LogP contribution in [0.4, 0.5) is 5.69 Å². The van der Waals surface area contributed by atoms with Gasteiger partial charge in [0.1, 0.15) is 12.3 Å². The summed E-state index contributed by atoms with van der Waals surface area (Å²) in [5, 5.41) is 4.40. The largest absolute Gasteiger partial charge is 0.494 e. The average Bonchev–Trinajstić information content (AvgIpc) is 2.85. The van der Waals surface area contributed by atoms with Gasteiger partial charge in [-0.05, 0) is 97.6 Å². The van der Waals surface area contributed by atoms with Gasteiger partial charge >= 0.3 is 0 Å². The molecule has 0 atom stereocenters. The summed E-state index contributed by atoms with van der Waals surface area (Å²) >= 11 is 5.93. The summed E-state index contributed by atoms with van der Waals surface area (Å²) in [6.07, 6.45) is 3.54. The number of rotatable bonds is 11. The Bertz CT molecular complexity index is 1310. The topological polar surface area (TPSA) is 88.1 Å². The Morgan fingerprint density at radius 2 is 1.72 bits per heavy atom. The molecule has 0 aromatic heterocycles. The number of halogens is 1. The number of carbonyl (C=O) groups is 1. The molecule has 1 amide bonds. The molecule has 0 bridgehead atoms. The van der Waals surface area contributed by atoms with E-state index in [1.165, 1.54) is 30.5 Å². The lowest BCUT2D eigenvalue weighted by Gasteiger charge is -2.24. The molecule has 0 spiro atoms. The number of sulfonamides is 1. The van der Waals surface area contributed by atoms with E-state index in [1.807, 2.05) is 44.2 Å². The summed E-state index contributed by atoms with van der Waals surface area (Å²) in [4.78, 5) is 12.8. The van der Waals surface area contributed by atoms with Crippen molar-refractivity contribution in [1.29, 1.82) is 0 Å². The zero-order valence-electron chi connectivity index (χ0n) is 20.6. The fraction of sp³-hybridized carbons (Fsp3) is 0.259. The van der Waals surface area contributed by atoms with Crippen molar-refractivity contribution in [3.05, 3.63) is 88.4 Å².